The van der Waals surface area contributed by atoms with Crippen LogP contribution in [0.1, 0.15) is 12.5 Å². The highest BCUT2D eigenvalue weighted by atomic mass is 32.2. The number of esters is 1. The second-order valence-corrected chi connectivity index (χ2v) is 5.60. The molecular formula is C11H15NO4S. The Morgan fingerprint density at radius 3 is 2.35 bits per heavy atom. The molecule has 0 bridgehead atoms. The van der Waals surface area contributed by atoms with Crippen molar-refractivity contribution in [1.82, 2.24) is 0 Å². The number of sulfone groups is 1. The fourth-order valence-corrected chi connectivity index (χ4v) is 2.36. The van der Waals surface area contributed by atoms with E-state index in [2.05, 4.69) is 4.74 Å². The van der Waals surface area contributed by atoms with Gasteiger partial charge in [-0.25, -0.2) is 13.2 Å². The number of carbonyl (C=O) groups excluding carboxylic acids is 1. The Hall–Kier alpha value is -1.40. The molecule has 0 aliphatic heterocycles. The molecule has 0 radical (unpaired) electrons. The molecule has 5 nitrogen and oxygen atoms in total. The van der Waals surface area contributed by atoms with Crippen LogP contribution in [0, 0.1) is 6.92 Å². The van der Waals surface area contributed by atoms with Crippen LogP contribution in [0.15, 0.2) is 29.2 Å². The summed E-state index contributed by atoms with van der Waals surface area (Å²) in [6.45, 7) is 3.51. The Labute approximate surface area is 100 Å². The van der Waals surface area contributed by atoms with Crippen LogP contribution in [-0.4, -0.2) is 26.4 Å². The van der Waals surface area contributed by atoms with Gasteiger partial charge in [-0.1, -0.05) is 17.7 Å². The van der Waals surface area contributed by atoms with Crippen LogP contribution in [-0.2, 0) is 19.4 Å². The van der Waals surface area contributed by atoms with Crippen LogP contribution >= 0.6 is 0 Å². The third-order valence-electron chi connectivity index (χ3n) is 2.20. The number of benzene rings is 1. The first-order valence-electron chi connectivity index (χ1n) is 5.12. The van der Waals surface area contributed by atoms with E-state index in [0.717, 1.165) is 5.56 Å². The molecule has 0 aromatic heterocycles. The monoisotopic (exact) mass is 257 g/mol. The number of ether oxygens (including phenoxy) is 1. The molecule has 1 atom stereocenters. The molecule has 17 heavy (non-hydrogen) atoms. The summed E-state index contributed by atoms with van der Waals surface area (Å²) in [6.07, 6.45) is 0. The topological polar surface area (TPSA) is 86.5 Å². The number of hydrogen-bond acceptors (Lipinski definition) is 5. The Morgan fingerprint density at radius 2 is 1.88 bits per heavy atom. The Bertz CT molecular complexity index is 493. The summed E-state index contributed by atoms with van der Waals surface area (Å²) in [5.41, 5.74) is 6.31. The average molecular weight is 257 g/mol. The summed E-state index contributed by atoms with van der Waals surface area (Å²) in [5.74, 6) is -0.937. The van der Waals surface area contributed by atoms with Gasteiger partial charge in [-0.2, -0.15) is 0 Å². The number of rotatable bonds is 4. The van der Waals surface area contributed by atoms with Gasteiger partial charge in [-0.15, -0.1) is 0 Å². The number of hydrogen-bond donors (Lipinski definition) is 1. The van der Waals surface area contributed by atoms with E-state index in [-0.39, 0.29) is 11.5 Å². The molecule has 0 amide bonds. The first kappa shape index (κ1) is 13.7. The van der Waals surface area contributed by atoms with Crippen molar-refractivity contribution >= 4 is 15.8 Å². The molecule has 1 aromatic carbocycles. The molecule has 2 N–H and O–H groups in total. The fraction of sp³-hybridized carbons (Fsp3) is 0.364. The summed E-state index contributed by atoms with van der Waals surface area (Å²) >= 11 is 0. The zero-order valence-electron chi connectivity index (χ0n) is 9.71. The van der Waals surface area contributed by atoms with E-state index < -0.39 is 21.2 Å². The van der Waals surface area contributed by atoms with Gasteiger partial charge in [0.1, 0.15) is 0 Å². The minimum atomic E-state index is -3.87. The molecule has 0 heterocycles. The van der Waals surface area contributed by atoms with Gasteiger partial charge in [0.25, 0.3) is 0 Å². The SMILES string of the molecule is CCOC(=O)C(N)S(=O)(=O)c1ccc(C)cc1. The first-order chi connectivity index (χ1) is 7.89. The number of aryl methyl sites for hydroxylation is 1. The minimum Gasteiger partial charge on any atom is -0.464 e. The maximum atomic E-state index is 11.9. The summed E-state index contributed by atoms with van der Waals surface area (Å²) in [7, 11) is -3.87. The van der Waals surface area contributed by atoms with E-state index in [4.69, 9.17) is 5.73 Å². The first-order valence-corrected chi connectivity index (χ1v) is 6.67. The second kappa shape index (κ2) is 5.29. The maximum absolute atomic E-state index is 11.9. The summed E-state index contributed by atoms with van der Waals surface area (Å²) in [4.78, 5) is 11.3. The molecular weight excluding hydrogens is 242 g/mol. The number of carbonyl (C=O) groups is 1. The lowest BCUT2D eigenvalue weighted by atomic mass is 10.2. The van der Waals surface area contributed by atoms with Crippen molar-refractivity contribution in [3.63, 3.8) is 0 Å². The largest absolute Gasteiger partial charge is 0.464 e. The van der Waals surface area contributed by atoms with Crippen molar-refractivity contribution < 1.29 is 17.9 Å². The van der Waals surface area contributed by atoms with Crippen molar-refractivity contribution in [2.24, 2.45) is 5.73 Å². The molecule has 94 valence electrons. The van der Waals surface area contributed by atoms with Gasteiger partial charge in [0.15, 0.2) is 0 Å². The molecule has 0 saturated heterocycles. The zero-order valence-corrected chi connectivity index (χ0v) is 10.5. The molecule has 0 aliphatic rings. The van der Waals surface area contributed by atoms with E-state index in [1.54, 1.807) is 19.1 Å². The second-order valence-electron chi connectivity index (χ2n) is 3.53. The summed E-state index contributed by atoms with van der Waals surface area (Å²) < 4.78 is 28.5. The molecule has 0 aliphatic carbocycles. The third-order valence-corrected chi connectivity index (χ3v) is 3.99. The highest BCUT2D eigenvalue weighted by Gasteiger charge is 2.31. The van der Waals surface area contributed by atoms with E-state index >= 15 is 0 Å². The van der Waals surface area contributed by atoms with Crippen LogP contribution in [0.5, 0.6) is 0 Å². The third kappa shape index (κ3) is 3.04. The van der Waals surface area contributed by atoms with Gasteiger partial charge in [0.2, 0.25) is 15.2 Å². The average Bonchev–Trinajstić information content (AvgIpc) is 2.29. The standard InChI is InChI=1S/C11H15NO4S/c1-3-16-11(13)10(12)17(14,15)9-6-4-8(2)5-7-9/h4-7,10H,3,12H2,1-2H3. The predicted molar refractivity (Wildman–Crippen MR) is 63.0 cm³/mol. The fourth-order valence-electron chi connectivity index (χ4n) is 1.23. The van der Waals surface area contributed by atoms with Crippen molar-refractivity contribution in [3.05, 3.63) is 29.8 Å². The van der Waals surface area contributed by atoms with E-state index in [0.29, 0.717) is 0 Å². The molecule has 0 fully saturated rings. The van der Waals surface area contributed by atoms with Crippen molar-refractivity contribution in [1.29, 1.82) is 0 Å². The molecule has 0 saturated carbocycles. The molecule has 0 spiro atoms. The lowest BCUT2D eigenvalue weighted by Crippen LogP contribution is -2.39. The normalized spacial score (nSPS) is 13.1. The van der Waals surface area contributed by atoms with Crippen molar-refractivity contribution in [2.45, 2.75) is 24.1 Å². The zero-order chi connectivity index (χ0) is 13.1. The van der Waals surface area contributed by atoms with Gasteiger partial charge in [-0.3, -0.25) is 0 Å². The summed E-state index contributed by atoms with van der Waals surface area (Å²) in [6, 6.07) is 6.13. The van der Waals surface area contributed by atoms with Gasteiger partial charge >= 0.3 is 5.97 Å². The quantitative estimate of drug-likeness (QED) is 0.799. The Balaban J connectivity index is 3.03. The smallest absolute Gasteiger partial charge is 0.339 e. The minimum absolute atomic E-state index is 0.0173. The van der Waals surface area contributed by atoms with Gasteiger partial charge in [0.05, 0.1) is 11.5 Å². The highest BCUT2D eigenvalue weighted by molar-refractivity contribution is 7.92. The van der Waals surface area contributed by atoms with Crippen molar-refractivity contribution in [2.75, 3.05) is 6.61 Å². The maximum Gasteiger partial charge on any atom is 0.339 e. The Morgan fingerprint density at radius 1 is 1.35 bits per heavy atom. The van der Waals surface area contributed by atoms with Crippen LogP contribution in [0.4, 0.5) is 0 Å². The van der Waals surface area contributed by atoms with Gasteiger partial charge in [-0.05, 0) is 26.0 Å². The molecule has 1 aromatic rings. The van der Waals surface area contributed by atoms with Gasteiger partial charge in [0, 0.05) is 0 Å². The molecule has 1 rings (SSSR count). The molecule has 1 unspecified atom stereocenters. The highest BCUT2D eigenvalue weighted by Crippen LogP contribution is 2.15. The summed E-state index contributed by atoms with van der Waals surface area (Å²) in [5, 5.41) is -1.68. The van der Waals surface area contributed by atoms with E-state index in [1.165, 1.54) is 12.1 Å². The molecule has 6 heteroatoms. The van der Waals surface area contributed by atoms with Crippen LogP contribution in [0.3, 0.4) is 0 Å². The van der Waals surface area contributed by atoms with Crippen LogP contribution in [0.2, 0.25) is 0 Å². The van der Waals surface area contributed by atoms with Gasteiger partial charge < -0.3 is 10.5 Å². The predicted octanol–water partition coefficient (Wildman–Crippen LogP) is 0.617. The lowest BCUT2D eigenvalue weighted by molar-refractivity contribution is -0.142. The Kier molecular flexibility index (Phi) is 4.25. The lowest BCUT2D eigenvalue weighted by Gasteiger charge is -2.11. The van der Waals surface area contributed by atoms with Crippen molar-refractivity contribution in [3.8, 4) is 0 Å². The van der Waals surface area contributed by atoms with E-state index in [9.17, 15) is 13.2 Å². The van der Waals surface area contributed by atoms with Crippen LogP contribution in [0.25, 0.3) is 0 Å². The number of nitrogens with two attached hydrogens (primary N) is 1. The van der Waals surface area contributed by atoms with E-state index in [1.807, 2.05) is 6.92 Å². The van der Waals surface area contributed by atoms with Crippen LogP contribution < -0.4 is 5.73 Å².